The van der Waals surface area contributed by atoms with Crippen molar-refractivity contribution in [3.63, 3.8) is 0 Å². The lowest BCUT2D eigenvalue weighted by atomic mass is 10.1. The van der Waals surface area contributed by atoms with Crippen molar-refractivity contribution in [1.29, 1.82) is 0 Å². The van der Waals surface area contributed by atoms with Gasteiger partial charge in [-0.3, -0.25) is 4.79 Å². The number of hydrogen-bond donors (Lipinski definition) is 1. The maximum atomic E-state index is 13.2. The van der Waals surface area contributed by atoms with Crippen LogP contribution in [0.4, 0.5) is 0 Å². The predicted octanol–water partition coefficient (Wildman–Crippen LogP) is 4.45. The Morgan fingerprint density at radius 3 is 2.13 bits per heavy atom. The smallest absolute Gasteiger partial charge is 0.243 e. The van der Waals surface area contributed by atoms with Crippen molar-refractivity contribution in [2.45, 2.75) is 24.3 Å². The van der Waals surface area contributed by atoms with E-state index in [9.17, 15) is 13.2 Å². The molecule has 5 nitrogen and oxygen atoms in total. The summed E-state index contributed by atoms with van der Waals surface area (Å²) in [6, 6.07) is 24.7. The molecule has 1 amide bonds. The second-order valence-electron chi connectivity index (χ2n) is 7.23. The van der Waals surface area contributed by atoms with Crippen molar-refractivity contribution in [3.05, 3.63) is 101 Å². The molecule has 0 saturated heterocycles. The molecule has 31 heavy (non-hydrogen) atoms. The van der Waals surface area contributed by atoms with Crippen molar-refractivity contribution in [3.8, 4) is 0 Å². The summed E-state index contributed by atoms with van der Waals surface area (Å²) in [5, 5.41) is 3.49. The molecule has 0 aliphatic rings. The molecular weight excluding hydrogens is 432 g/mol. The van der Waals surface area contributed by atoms with E-state index in [0.717, 1.165) is 11.1 Å². The van der Waals surface area contributed by atoms with Gasteiger partial charge in [0.05, 0.1) is 17.5 Å². The van der Waals surface area contributed by atoms with Crippen LogP contribution in [0.15, 0.2) is 89.8 Å². The lowest BCUT2D eigenvalue weighted by molar-refractivity contribution is -0.121. The van der Waals surface area contributed by atoms with Gasteiger partial charge in [0.25, 0.3) is 0 Å². The quantitative estimate of drug-likeness (QED) is 0.517. The monoisotopic (exact) mass is 456 g/mol. The Hall–Kier alpha value is -2.67. The number of nitrogens with one attached hydrogen (secondary N) is 1. The van der Waals surface area contributed by atoms with Gasteiger partial charge in [0, 0.05) is 11.6 Å². The number of sulfonamides is 1. The minimum Gasteiger partial charge on any atom is -0.348 e. The number of nitrogens with zero attached hydrogens (tertiary/aromatic N) is 1. The minimum absolute atomic E-state index is 0.168. The van der Waals surface area contributed by atoms with Crippen LogP contribution in [0.3, 0.4) is 0 Å². The molecule has 1 unspecified atom stereocenters. The van der Waals surface area contributed by atoms with E-state index in [1.54, 1.807) is 42.5 Å². The summed E-state index contributed by atoms with van der Waals surface area (Å²) in [4.78, 5) is 12.9. The van der Waals surface area contributed by atoms with Crippen LogP contribution in [0, 0.1) is 0 Å². The SMILES string of the molecule is CC(NC(=O)CN(CCc1ccccc1)S(=O)(=O)c1ccccc1)c1ccc(Cl)cc1. The Balaban J connectivity index is 1.75. The first-order valence-electron chi connectivity index (χ1n) is 10.0. The molecular formula is C24H25ClN2O3S. The molecule has 0 bridgehead atoms. The van der Waals surface area contributed by atoms with Crippen LogP contribution in [-0.4, -0.2) is 31.7 Å². The molecule has 0 aliphatic carbocycles. The lowest BCUT2D eigenvalue weighted by Gasteiger charge is -2.23. The van der Waals surface area contributed by atoms with Gasteiger partial charge in [0.1, 0.15) is 0 Å². The zero-order chi connectivity index (χ0) is 22.3. The largest absolute Gasteiger partial charge is 0.348 e. The van der Waals surface area contributed by atoms with E-state index in [1.807, 2.05) is 49.4 Å². The van der Waals surface area contributed by atoms with Gasteiger partial charge in [-0.25, -0.2) is 8.42 Å². The van der Waals surface area contributed by atoms with Crippen molar-refractivity contribution in [1.82, 2.24) is 9.62 Å². The molecule has 0 aliphatic heterocycles. The van der Waals surface area contributed by atoms with Gasteiger partial charge < -0.3 is 5.32 Å². The summed E-state index contributed by atoms with van der Waals surface area (Å²) in [5.41, 5.74) is 1.89. The fourth-order valence-corrected chi connectivity index (χ4v) is 4.75. The van der Waals surface area contributed by atoms with E-state index in [4.69, 9.17) is 11.6 Å². The minimum atomic E-state index is -3.82. The summed E-state index contributed by atoms with van der Waals surface area (Å²) in [6.07, 6.45) is 0.507. The van der Waals surface area contributed by atoms with Gasteiger partial charge in [0.15, 0.2) is 0 Å². The van der Waals surface area contributed by atoms with Crippen LogP contribution in [0.5, 0.6) is 0 Å². The average Bonchev–Trinajstić information content (AvgIpc) is 2.78. The van der Waals surface area contributed by atoms with Crippen molar-refractivity contribution >= 4 is 27.5 Å². The van der Waals surface area contributed by atoms with Crippen LogP contribution in [0.1, 0.15) is 24.1 Å². The number of halogens is 1. The first kappa shape index (κ1) is 23.0. The van der Waals surface area contributed by atoms with Gasteiger partial charge >= 0.3 is 0 Å². The van der Waals surface area contributed by atoms with Gasteiger partial charge in [-0.1, -0.05) is 72.3 Å². The third kappa shape index (κ3) is 6.40. The van der Waals surface area contributed by atoms with E-state index in [1.165, 1.54) is 4.31 Å². The van der Waals surface area contributed by atoms with E-state index < -0.39 is 10.0 Å². The maximum Gasteiger partial charge on any atom is 0.243 e. The highest BCUT2D eigenvalue weighted by molar-refractivity contribution is 7.89. The normalized spacial score (nSPS) is 12.5. The molecule has 0 heterocycles. The van der Waals surface area contributed by atoms with Crippen LogP contribution < -0.4 is 5.32 Å². The standard InChI is InChI=1S/C24H25ClN2O3S/c1-19(21-12-14-22(25)15-13-21)26-24(28)18-27(17-16-20-8-4-2-5-9-20)31(29,30)23-10-6-3-7-11-23/h2-15,19H,16-18H2,1H3,(H,26,28). The van der Waals surface area contributed by atoms with Gasteiger partial charge in [-0.05, 0) is 48.7 Å². The second-order valence-corrected chi connectivity index (χ2v) is 9.60. The van der Waals surface area contributed by atoms with Crippen molar-refractivity contribution in [2.75, 3.05) is 13.1 Å². The Bertz CT molecular complexity index is 1090. The highest BCUT2D eigenvalue weighted by Gasteiger charge is 2.26. The molecule has 162 valence electrons. The molecule has 1 atom stereocenters. The van der Waals surface area contributed by atoms with Crippen LogP contribution in [0.2, 0.25) is 5.02 Å². The fraction of sp³-hybridized carbons (Fsp3) is 0.208. The number of rotatable bonds is 9. The average molecular weight is 457 g/mol. The third-order valence-electron chi connectivity index (χ3n) is 4.94. The molecule has 0 radical (unpaired) electrons. The van der Waals surface area contributed by atoms with Gasteiger partial charge in [-0.2, -0.15) is 4.31 Å². The van der Waals surface area contributed by atoms with E-state index in [-0.39, 0.29) is 29.9 Å². The van der Waals surface area contributed by atoms with Crippen molar-refractivity contribution < 1.29 is 13.2 Å². The summed E-state index contributed by atoms with van der Waals surface area (Å²) < 4.78 is 27.7. The highest BCUT2D eigenvalue weighted by atomic mass is 35.5. The Morgan fingerprint density at radius 2 is 1.52 bits per heavy atom. The van der Waals surface area contributed by atoms with Gasteiger partial charge in [0.2, 0.25) is 15.9 Å². The number of benzene rings is 3. The number of carbonyl (C=O) groups is 1. The summed E-state index contributed by atoms with van der Waals surface area (Å²) in [5.74, 6) is -0.366. The summed E-state index contributed by atoms with van der Waals surface area (Å²) in [7, 11) is -3.82. The molecule has 3 aromatic carbocycles. The third-order valence-corrected chi connectivity index (χ3v) is 7.05. The maximum absolute atomic E-state index is 13.2. The zero-order valence-electron chi connectivity index (χ0n) is 17.2. The Morgan fingerprint density at radius 1 is 0.935 bits per heavy atom. The lowest BCUT2D eigenvalue weighted by Crippen LogP contribution is -2.42. The molecule has 0 aromatic heterocycles. The number of amides is 1. The molecule has 7 heteroatoms. The van der Waals surface area contributed by atoms with Crippen LogP contribution >= 0.6 is 11.6 Å². The van der Waals surface area contributed by atoms with Crippen LogP contribution in [0.25, 0.3) is 0 Å². The molecule has 0 fully saturated rings. The highest BCUT2D eigenvalue weighted by Crippen LogP contribution is 2.18. The fourth-order valence-electron chi connectivity index (χ4n) is 3.21. The molecule has 1 N–H and O–H groups in total. The summed E-state index contributed by atoms with van der Waals surface area (Å²) in [6.45, 7) is 1.78. The van der Waals surface area contributed by atoms with Crippen LogP contribution in [-0.2, 0) is 21.2 Å². The topological polar surface area (TPSA) is 66.5 Å². The second kappa shape index (κ2) is 10.6. The Labute approximate surface area is 188 Å². The molecule has 0 spiro atoms. The van der Waals surface area contributed by atoms with E-state index >= 15 is 0 Å². The first-order valence-corrected chi connectivity index (χ1v) is 11.8. The molecule has 0 saturated carbocycles. The summed E-state index contributed by atoms with van der Waals surface area (Å²) >= 11 is 5.92. The Kier molecular flexibility index (Phi) is 7.85. The number of hydrogen-bond acceptors (Lipinski definition) is 3. The first-order chi connectivity index (χ1) is 14.9. The molecule has 3 rings (SSSR count). The van der Waals surface area contributed by atoms with Gasteiger partial charge in [-0.15, -0.1) is 0 Å². The van der Waals surface area contributed by atoms with E-state index in [0.29, 0.717) is 11.4 Å². The number of carbonyl (C=O) groups excluding carboxylic acids is 1. The predicted molar refractivity (Wildman–Crippen MR) is 123 cm³/mol. The zero-order valence-corrected chi connectivity index (χ0v) is 18.8. The van der Waals surface area contributed by atoms with E-state index in [2.05, 4.69) is 5.32 Å². The van der Waals surface area contributed by atoms with Crippen molar-refractivity contribution in [2.24, 2.45) is 0 Å². The molecule has 3 aromatic rings.